The zero-order valence-electron chi connectivity index (χ0n) is 12.1. The van der Waals surface area contributed by atoms with Gasteiger partial charge in [0.25, 0.3) is 0 Å². The summed E-state index contributed by atoms with van der Waals surface area (Å²) in [6.07, 6.45) is 1.76. The molecule has 0 aromatic heterocycles. The molecule has 5 heteroatoms. The summed E-state index contributed by atoms with van der Waals surface area (Å²) in [5, 5.41) is 1.32. The van der Waals surface area contributed by atoms with Gasteiger partial charge >= 0.3 is 0 Å². The van der Waals surface area contributed by atoms with Gasteiger partial charge in [0, 0.05) is 23.3 Å². The maximum absolute atomic E-state index is 11.7. The maximum atomic E-state index is 11.7. The van der Waals surface area contributed by atoms with E-state index in [2.05, 4.69) is 4.90 Å². The van der Waals surface area contributed by atoms with E-state index in [9.17, 15) is 8.42 Å². The van der Waals surface area contributed by atoms with Crippen molar-refractivity contribution in [1.29, 1.82) is 0 Å². The molecule has 0 amide bonds. The van der Waals surface area contributed by atoms with Crippen molar-refractivity contribution in [3.8, 4) is 0 Å². The molecule has 0 saturated carbocycles. The van der Waals surface area contributed by atoms with Crippen molar-refractivity contribution in [1.82, 2.24) is 0 Å². The SMILES string of the molecule is Nc1ccc(CN(c2ccccc2)[C@H]2C=CS(=O)(=O)C2)cc1. The standard InChI is InChI=1S/C17H18N2O2S/c18-15-8-6-14(7-9-15)12-19(16-4-2-1-3-5-16)17-10-11-22(20,21)13-17/h1-11,17H,12-13,18H2/t17-/m0/s1. The third kappa shape index (κ3) is 3.31. The average Bonchev–Trinajstić information content (AvgIpc) is 2.87. The summed E-state index contributed by atoms with van der Waals surface area (Å²) in [5.74, 6) is 0.122. The molecular weight excluding hydrogens is 296 g/mol. The second kappa shape index (κ2) is 5.85. The molecule has 0 radical (unpaired) electrons. The second-order valence-corrected chi connectivity index (χ2v) is 7.36. The molecular formula is C17H18N2O2S. The van der Waals surface area contributed by atoms with Crippen LogP contribution in [0.4, 0.5) is 11.4 Å². The zero-order valence-corrected chi connectivity index (χ0v) is 12.9. The fourth-order valence-corrected chi connectivity index (χ4v) is 3.89. The molecule has 1 atom stereocenters. The Hall–Kier alpha value is -2.27. The Morgan fingerprint density at radius 1 is 1.05 bits per heavy atom. The number of hydrogen-bond acceptors (Lipinski definition) is 4. The van der Waals surface area contributed by atoms with Crippen molar-refractivity contribution in [2.75, 3.05) is 16.4 Å². The maximum Gasteiger partial charge on any atom is 0.173 e. The second-order valence-electron chi connectivity index (χ2n) is 5.43. The van der Waals surface area contributed by atoms with Gasteiger partial charge in [-0.2, -0.15) is 0 Å². The number of nitrogens with two attached hydrogens (primary N) is 1. The predicted octanol–water partition coefficient (Wildman–Crippen LogP) is 2.59. The van der Waals surface area contributed by atoms with Crippen molar-refractivity contribution >= 4 is 21.2 Å². The lowest BCUT2D eigenvalue weighted by Gasteiger charge is -2.30. The highest BCUT2D eigenvalue weighted by atomic mass is 32.2. The third-order valence-electron chi connectivity index (χ3n) is 3.73. The van der Waals surface area contributed by atoms with Crippen LogP contribution in [0, 0.1) is 0 Å². The van der Waals surface area contributed by atoms with Crippen LogP contribution in [0.5, 0.6) is 0 Å². The van der Waals surface area contributed by atoms with Gasteiger partial charge in [-0.15, -0.1) is 0 Å². The molecule has 2 N–H and O–H groups in total. The molecule has 0 spiro atoms. The first kappa shape index (κ1) is 14.7. The number of nitrogen functional groups attached to an aromatic ring is 1. The number of rotatable bonds is 4. The predicted molar refractivity (Wildman–Crippen MR) is 90.2 cm³/mol. The fourth-order valence-electron chi connectivity index (χ4n) is 2.59. The van der Waals surface area contributed by atoms with Gasteiger partial charge < -0.3 is 10.6 Å². The van der Waals surface area contributed by atoms with Crippen LogP contribution in [0.1, 0.15) is 5.56 Å². The van der Waals surface area contributed by atoms with Gasteiger partial charge in [0.2, 0.25) is 0 Å². The monoisotopic (exact) mass is 314 g/mol. The van der Waals surface area contributed by atoms with Gasteiger partial charge in [0.15, 0.2) is 9.84 Å². The summed E-state index contributed by atoms with van der Waals surface area (Å²) in [6.45, 7) is 0.634. The molecule has 2 aromatic carbocycles. The van der Waals surface area contributed by atoms with Crippen molar-refractivity contribution in [3.63, 3.8) is 0 Å². The topological polar surface area (TPSA) is 63.4 Å². The summed E-state index contributed by atoms with van der Waals surface area (Å²) in [7, 11) is -3.09. The van der Waals surface area contributed by atoms with Crippen molar-refractivity contribution in [3.05, 3.63) is 71.6 Å². The largest absolute Gasteiger partial charge is 0.399 e. The smallest absolute Gasteiger partial charge is 0.173 e. The molecule has 22 heavy (non-hydrogen) atoms. The minimum atomic E-state index is -3.09. The van der Waals surface area contributed by atoms with Crippen LogP contribution in [0.15, 0.2) is 66.1 Å². The number of para-hydroxylation sites is 1. The number of hydrogen-bond donors (Lipinski definition) is 1. The Kier molecular flexibility index (Phi) is 3.90. The molecule has 4 nitrogen and oxygen atoms in total. The fraction of sp³-hybridized carbons (Fsp3) is 0.176. The summed E-state index contributed by atoms with van der Waals surface area (Å²) >= 11 is 0. The molecule has 0 unspecified atom stereocenters. The minimum Gasteiger partial charge on any atom is -0.399 e. The van der Waals surface area contributed by atoms with E-state index >= 15 is 0 Å². The quantitative estimate of drug-likeness (QED) is 0.881. The highest BCUT2D eigenvalue weighted by Crippen LogP contribution is 2.24. The van der Waals surface area contributed by atoms with Gasteiger partial charge in [-0.3, -0.25) is 0 Å². The van der Waals surface area contributed by atoms with E-state index in [-0.39, 0.29) is 11.8 Å². The Labute approximate surface area is 130 Å². The first-order valence-electron chi connectivity index (χ1n) is 7.10. The van der Waals surface area contributed by atoms with Crippen molar-refractivity contribution < 1.29 is 8.42 Å². The molecule has 2 aromatic rings. The molecule has 0 bridgehead atoms. The van der Waals surface area contributed by atoms with E-state index in [0.717, 1.165) is 16.9 Å². The minimum absolute atomic E-state index is 0.122. The Bertz CT molecular complexity index is 768. The van der Waals surface area contributed by atoms with Crippen molar-refractivity contribution in [2.45, 2.75) is 12.6 Å². The van der Waals surface area contributed by atoms with Crippen LogP contribution < -0.4 is 10.6 Å². The normalized spacial score (nSPS) is 19.2. The number of nitrogens with zero attached hydrogens (tertiary/aromatic N) is 1. The number of benzene rings is 2. The lowest BCUT2D eigenvalue weighted by Crippen LogP contribution is -2.35. The Morgan fingerprint density at radius 3 is 2.32 bits per heavy atom. The van der Waals surface area contributed by atoms with Gasteiger partial charge in [-0.05, 0) is 35.9 Å². The van der Waals surface area contributed by atoms with Crippen LogP contribution in [-0.2, 0) is 16.4 Å². The van der Waals surface area contributed by atoms with Gasteiger partial charge in [-0.1, -0.05) is 30.3 Å². The van der Waals surface area contributed by atoms with E-state index in [1.165, 1.54) is 5.41 Å². The third-order valence-corrected chi connectivity index (χ3v) is 5.11. The molecule has 0 fully saturated rings. The lowest BCUT2D eigenvalue weighted by atomic mass is 10.1. The zero-order chi connectivity index (χ0) is 15.6. The molecule has 0 aliphatic carbocycles. The van der Waals surface area contributed by atoms with Crippen LogP contribution in [0.2, 0.25) is 0 Å². The summed E-state index contributed by atoms with van der Waals surface area (Å²) in [6, 6.07) is 17.4. The molecule has 1 heterocycles. The van der Waals surface area contributed by atoms with Crippen LogP contribution in [0.3, 0.4) is 0 Å². The molecule has 1 aliphatic rings. The Morgan fingerprint density at radius 2 is 1.73 bits per heavy atom. The summed E-state index contributed by atoms with van der Waals surface area (Å²) in [4.78, 5) is 2.10. The van der Waals surface area contributed by atoms with E-state index < -0.39 is 9.84 Å². The van der Waals surface area contributed by atoms with Gasteiger partial charge in [-0.25, -0.2) is 8.42 Å². The molecule has 0 saturated heterocycles. The summed E-state index contributed by atoms with van der Waals surface area (Å²) in [5.41, 5.74) is 8.54. The highest BCUT2D eigenvalue weighted by molar-refractivity contribution is 7.94. The number of anilines is 2. The van der Waals surface area contributed by atoms with E-state index in [1.54, 1.807) is 6.08 Å². The summed E-state index contributed by atoms with van der Waals surface area (Å²) < 4.78 is 23.5. The number of sulfone groups is 1. The molecule has 1 aliphatic heterocycles. The lowest BCUT2D eigenvalue weighted by molar-refractivity contribution is 0.601. The van der Waals surface area contributed by atoms with Crippen LogP contribution in [-0.4, -0.2) is 20.2 Å². The van der Waals surface area contributed by atoms with Crippen molar-refractivity contribution in [2.24, 2.45) is 0 Å². The first-order valence-corrected chi connectivity index (χ1v) is 8.82. The van der Waals surface area contributed by atoms with Gasteiger partial charge in [0.1, 0.15) is 0 Å². The van der Waals surface area contributed by atoms with Gasteiger partial charge in [0.05, 0.1) is 11.8 Å². The van der Waals surface area contributed by atoms with E-state index in [4.69, 9.17) is 5.73 Å². The molecule has 114 valence electrons. The first-order chi connectivity index (χ1) is 10.5. The highest BCUT2D eigenvalue weighted by Gasteiger charge is 2.27. The Balaban J connectivity index is 1.90. The molecule has 3 rings (SSSR count). The van der Waals surface area contributed by atoms with Crippen LogP contribution >= 0.6 is 0 Å². The van der Waals surface area contributed by atoms with E-state index in [1.807, 2.05) is 54.6 Å². The van der Waals surface area contributed by atoms with E-state index in [0.29, 0.717) is 6.54 Å². The van der Waals surface area contributed by atoms with Crippen LogP contribution in [0.25, 0.3) is 0 Å². The average molecular weight is 314 g/mol.